The van der Waals surface area contributed by atoms with E-state index in [1.54, 1.807) is 19.2 Å². The van der Waals surface area contributed by atoms with Crippen molar-refractivity contribution < 1.29 is 17.9 Å². The maximum absolute atomic E-state index is 13.0. The van der Waals surface area contributed by atoms with Crippen LogP contribution in [-0.2, 0) is 20.6 Å². The molecule has 0 aliphatic carbocycles. The zero-order valence-corrected chi connectivity index (χ0v) is 19.8. The molecule has 1 saturated heterocycles. The molecule has 0 aromatic heterocycles. The monoisotopic (exact) mass is 484 g/mol. The molecular weight excluding hydrogens is 459 g/mol. The highest BCUT2D eigenvalue weighted by atomic mass is 35.5. The number of piperidine rings is 1. The normalized spacial score (nSPS) is 18.4. The lowest BCUT2D eigenvalue weighted by molar-refractivity contribution is -0.126. The molecule has 6 nitrogen and oxygen atoms in total. The number of carbonyl (C=O) groups is 1. The third kappa shape index (κ3) is 6.13. The second-order valence-electron chi connectivity index (χ2n) is 7.69. The van der Waals surface area contributed by atoms with Gasteiger partial charge in [-0.25, -0.2) is 12.7 Å². The lowest BCUT2D eigenvalue weighted by Crippen LogP contribution is -2.46. The lowest BCUT2D eigenvalue weighted by atomic mass is 9.98. The van der Waals surface area contributed by atoms with E-state index in [0.29, 0.717) is 35.0 Å². The number of amides is 1. The number of carbonyl (C=O) groups excluding carboxylic acids is 1. The second kappa shape index (κ2) is 10.2. The Bertz CT molecular complexity index is 1030. The Morgan fingerprint density at radius 1 is 1.23 bits per heavy atom. The molecule has 0 spiro atoms. The molecule has 1 heterocycles. The fourth-order valence-electron chi connectivity index (χ4n) is 3.64. The minimum absolute atomic E-state index is 0.146. The Labute approximate surface area is 193 Å². The van der Waals surface area contributed by atoms with Gasteiger partial charge in [-0.15, -0.1) is 0 Å². The predicted octanol–water partition coefficient (Wildman–Crippen LogP) is 4.42. The number of ether oxygens (including phenoxy) is 1. The number of nitrogens with zero attached hydrogens (tertiary/aromatic N) is 1. The molecule has 0 bridgehead atoms. The minimum atomic E-state index is -3.61. The number of hydrogen-bond donors (Lipinski definition) is 1. The van der Waals surface area contributed by atoms with E-state index in [0.717, 1.165) is 11.3 Å². The van der Waals surface area contributed by atoms with Gasteiger partial charge in [0.2, 0.25) is 15.9 Å². The molecule has 1 fully saturated rings. The molecular formula is C22H26Cl2N2O4S. The maximum Gasteiger partial charge on any atom is 0.224 e. The van der Waals surface area contributed by atoms with Gasteiger partial charge < -0.3 is 10.1 Å². The molecule has 2 atom stereocenters. The van der Waals surface area contributed by atoms with Gasteiger partial charge in [-0.1, -0.05) is 41.4 Å². The van der Waals surface area contributed by atoms with Gasteiger partial charge >= 0.3 is 0 Å². The van der Waals surface area contributed by atoms with Crippen LogP contribution in [0.15, 0.2) is 42.5 Å². The summed E-state index contributed by atoms with van der Waals surface area (Å²) >= 11 is 12.0. The fraction of sp³-hybridized carbons (Fsp3) is 0.409. The first-order valence-electron chi connectivity index (χ1n) is 10.1. The highest BCUT2D eigenvalue weighted by molar-refractivity contribution is 7.88. The number of rotatable bonds is 7. The molecule has 0 unspecified atom stereocenters. The van der Waals surface area contributed by atoms with E-state index < -0.39 is 15.9 Å². The van der Waals surface area contributed by atoms with E-state index in [-0.39, 0.29) is 24.2 Å². The van der Waals surface area contributed by atoms with E-state index in [9.17, 15) is 13.2 Å². The number of hydrogen-bond acceptors (Lipinski definition) is 4. The largest absolute Gasteiger partial charge is 0.497 e. The molecule has 1 aliphatic heterocycles. The summed E-state index contributed by atoms with van der Waals surface area (Å²) in [6.45, 7) is 2.46. The van der Waals surface area contributed by atoms with Gasteiger partial charge in [0.05, 0.1) is 24.8 Å². The number of methoxy groups -OCH3 is 1. The van der Waals surface area contributed by atoms with E-state index in [4.69, 9.17) is 27.9 Å². The standard InChI is InChI=1S/C22H26Cl2N2O4S/c1-15(16-6-9-20(30-2)10-7-16)25-22(27)17-4-3-11-26(13-17)31(28,29)14-18-5-8-19(23)12-21(18)24/h5-10,12,15,17H,3-4,11,13-14H2,1-2H3,(H,25,27)/t15-,17-/m1/s1. The Balaban J connectivity index is 1.63. The third-order valence-electron chi connectivity index (χ3n) is 5.48. The van der Waals surface area contributed by atoms with Gasteiger partial charge in [0.25, 0.3) is 0 Å². The molecule has 31 heavy (non-hydrogen) atoms. The van der Waals surface area contributed by atoms with Crippen molar-refractivity contribution in [3.05, 3.63) is 63.6 Å². The van der Waals surface area contributed by atoms with Gasteiger partial charge in [0, 0.05) is 23.1 Å². The lowest BCUT2D eigenvalue weighted by Gasteiger charge is -2.32. The topological polar surface area (TPSA) is 75.7 Å². The van der Waals surface area contributed by atoms with Crippen LogP contribution in [0, 0.1) is 5.92 Å². The fourth-order valence-corrected chi connectivity index (χ4v) is 5.84. The van der Waals surface area contributed by atoms with Crippen molar-refractivity contribution >= 4 is 39.1 Å². The number of sulfonamides is 1. The Hall–Kier alpha value is -1.80. The maximum atomic E-state index is 13.0. The van der Waals surface area contributed by atoms with Gasteiger partial charge in [0.1, 0.15) is 5.75 Å². The molecule has 0 saturated carbocycles. The summed E-state index contributed by atoms with van der Waals surface area (Å²) in [5, 5.41) is 3.77. The average molecular weight is 485 g/mol. The summed E-state index contributed by atoms with van der Waals surface area (Å²) in [5.74, 6) is -0.0200. The molecule has 0 radical (unpaired) electrons. The summed E-state index contributed by atoms with van der Waals surface area (Å²) in [6, 6.07) is 12.1. The molecule has 2 aromatic rings. The zero-order valence-electron chi connectivity index (χ0n) is 17.5. The molecule has 2 aromatic carbocycles. The Morgan fingerprint density at radius 3 is 2.58 bits per heavy atom. The summed E-state index contributed by atoms with van der Waals surface area (Å²) in [5.41, 5.74) is 1.44. The highest BCUT2D eigenvalue weighted by Crippen LogP contribution is 2.27. The smallest absolute Gasteiger partial charge is 0.224 e. The summed E-state index contributed by atoms with van der Waals surface area (Å²) in [4.78, 5) is 12.8. The summed E-state index contributed by atoms with van der Waals surface area (Å²) in [6.07, 6.45) is 1.28. The highest BCUT2D eigenvalue weighted by Gasteiger charge is 2.33. The molecule has 1 N–H and O–H groups in total. The van der Waals surface area contributed by atoms with Crippen molar-refractivity contribution in [3.8, 4) is 5.75 Å². The summed E-state index contributed by atoms with van der Waals surface area (Å²) < 4.78 is 32.5. The predicted molar refractivity (Wildman–Crippen MR) is 123 cm³/mol. The van der Waals surface area contributed by atoms with Crippen molar-refractivity contribution in [2.45, 2.75) is 31.6 Å². The van der Waals surface area contributed by atoms with Crippen molar-refractivity contribution in [1.29, 1.82) is 0 Å². The average Bonchev–Trinajstić information content (AvgIpc) is 2.75. The van der Waals surface area contributed by atoms with Crippen molar-refractivity contribution in [2.24, 2.45) is 5.92 Å². The van der Waals surface area contributed by atoms with Crippen LogP contribution < -0.4 is 10.1 Å². The van der Waals surface area contributed by atoms with Crippen LogP contribution in [0.4, 0.5) is 0 Å². The molecule has 168 valence electrons. The van der Waals surface area contributed by atoms with Crippen molar-refractivity contribution in [2.75, 3.05) is 20.2 Å². The van der Waals surface area contributed by atoms with E-state index in [1.165, 1.54) is 10.4 Å². The van der Waals surface area contributed by atoms with Crippen LogP contribution in [0.25, 0.3) is 0 Å². The Morgan fingerprint density at radius 2 is 1.94 bits per heavy atom. The summed E-state index contributed by atoms with van der Waals surface area (Å²) in [7, 11) is -2.01. The van der Waals surface area contributed by atoms with E-state index >= 15 is 0 Å². The quantitative estimate of drug-likeness (QED) is 0.630. The first-order valence-corrected chi connectivity index (χ1v) is 12.4. The van der Waals surface area contributed by atoms with Crippen LogP contribution in [0.3, 0.4) is 0 Å². The second-order valence-corrected chi connectivity index (χ2v) is 10.5. The van der Waals surface area contributed by atoms with Crippen LogP contribution in [-0.4, -0.2) is 38.8 Å². The molecule has 1 amide bonds. The molecule has 9 heteroatoms. The first kappa shape index (κ1) is 23.9. The van der Waals surface area contributed by atoms with Gasteiger partial charge in [-0.3, -0.25) is 4.79 Å². The van der Waals surface area contributed by atoms with E-state index in [1.807, 2.05) is 31.2 Å². The Kier molecular flexibility index (Phi) is 7.86. The van der Waals surface area contributed by atoms with Crippen molar-refractivity contribution in [1.82, 2.24) is 9.62 Å². The number of nitrogens with one attached hydrogen (secondary N) is 1. The SMILES string of the molecule is COc1ccc([C@@H](C)NC(=O)[C@@H]2CCCN(S(=O)(=O)Cc3ccc(Cl)cc3Cl)C2)cc1. The molecule has 1 aliphatic rings. The first-order chi connectivity index (χ1) is 14.7. The zero-order chi connectivity index (χ0) is 22.6. The van der Waals surface area contributed by atoms with Crippen LogP contribution in [0.5, 0.6) is 5.75 Å². The van der Waals surface area contributed by atoms with Gasteiger partial charge in [-0.2, -0.15) is 0 Å². The van der Waals surface area contributed by atoms with Gasteiger partial charge in [-0.05, 0) is 55.2 Å². The number of halogens is 2. The van der Waals surface area contributed by atoms with E-state index in [2.05, 4.69) is 5.32 Å². The molecule has 3 rings (SSSR count). The minimum Gasteiger partial charge on any atom is -0.497 e. The van der Waals surface area contributed by atoms with Crippen LogP contribution >= 0.6 is 23.2 Å². The van der Waals surface area contributed by atoms with Crippen LogP contribution in [0.1, 0.15) is 36.9 Å². The van der Waals surface area contributed by atoms with Crippen LogP contribution in [0.2, 0.25) is 10.0 Å². The third-order valence-corrected chi connectivity index (χ3v) is 7.86. The van der Waals surface area contributed by atoms with Crippen molar-refractivity contribution in [3.63, 3.8) is 0 Å². The van der Waals surface area contributed by atoms with Gasteiger partial charge in [0.15, 0.2) is 0 Å². The number of benzene rings is 2.